The van der Waals surface area contributed by atoms with Crippen LogP contribution in [0.4, 0.5) is 11.4 Å². The Labute approximate surface area is 171 Å². The van der Waals surface area contributed by atoms with Crippen LogP contribution in [-0.4, -0.2) is 33.5 Å². The smallest absolute Gasteiger partial charge is 0.117 e. The summed E-state index contributed by atoms with van der Waals surface area (Å²) in [6.45, 7) is 3.18. The fraction of sp³-hybridized carbons (Fsp3) is 0.208. The van der Waals surface area contributed by atoms with Crippen LogP contribution in [0.3, 0.4) is 0 Å². The second-order valence-electron chi connectivity index (χ2n) is 7.80. The molecule has 2 unspecified atom stereocenters. The van der Waals surface area contributed by atoms with E-state index in [-0.39, 0.29) is 0 Å². The molecule has 0 fully saturated rings. The first-order valence-corrected chi connectivity index (χ1v) is 10.1. The third-order valence-corrected chi connectivity index (χ3v) is 5.60. The molecule has 5 nitrogen and oxygen atoms in total. The predicted octanol–water partition coefficient (Wildman–Crippen LogP) is 5.21. The molecule has 1 aromatic rings. The molecule has 2 N–H and O–H groups in total. The zero-order chi connectivity index (χ0) is 19.8. The summed E-state index contributed by atoms with van der Waals surface area (Å²) in [6.07, 6.45) is 15.2. The van der Waals surface area contributed by atoms with Gasteiger partial charge in [0.05, 0.1) is 11.4 Å². The van der Waals surface area contributed by atoms with Crippen molar-refractivity contribution in [1.29, 1.82) is 0 Å². The Kier molecular flexibility index (Phi) is 4.35. The van der Waals surface area contributed by atoms with Crippen molar-refractivity contribution in [3.8, 4) is 11.4 Å². The average Bonchev–Trinajstić information content (AvgIpc) is 3.30. The van der Waals surface area contributed by atoms with Crippen molar-refractivity contribution >= 4 is 17.1 Å². The summed E-state index contributed by atoms with van der Waals surface area (Å²) in [6, 6.07) is 12.5. The highest BCUT2D eigenvalue weighted by Gasteiger charge is 2.28. The van der Waals surface area contributed by atoms with Crippen LogP contribution in [0.2, 0.25) is 0 Å². The zero-order valence-corrected chi connectivity index (χ0v) is 16.7. The Bertz CT molecular complexity index is 1100. The van der Waals surface area contributed by atoms with Crippen LogP contribution >= 0.6 is 0 Å². The first-order chi connectivity index (χ1) is 14.2. The molecule has 0 amide bonds. The van der Waals surface area contributed by atoms with Crippen LogP contribution in [0, 0.1) is 5.92 Å². The number of nitrogens with zero attached hydrogens (tertiary/aromatic N) is 3. The molecule has 5 heteroatoms. The Balaban J connectivity index is 1.61. The number of nitrogens with one attached hydrogen (secondary N) is 2. The lowest BCUT2D eigenvalue weighted by molar-refractivity contribution is 0.501. The molecule has 0 saturated carbocycles. The molecule has 146 valence electrons. The number of aromatic amines is 1. The highest BCUT2D eigenvalue weighted by Crippen LogP contribution is 2.43. The number of hydrogen-bond acceptors (Lipinski definition) is 3. The minimum Gasteiger partial charge on any atom is -0.375 e. The third-order valence-electron chi connectivity index (χ3n) is 5.60. The van der Waals surface area contributed by atoms with Crippen molar-refractivity contribution in [2.45, 2.75) is 12.8 Å². The molecular weight excluding hydrogens is 358 g/mol. The van der Waals surface area contributed by atoms with Gasteiger partial charge in [0, 0.05) is 31.4 Å². The van der Waals surface area contributed by atoms with E-state index in [0.29, 0.717) is 11.8 Å². The molecule has 5 rings (SSSR count). The van der Waals surface area contributed by atoms with Gasteiger partial charge in [-0.15, -0.1) is 5.10 Å². The molecule has 2 heterocycles. The second-order valence-corrected chi connectivity index (χ2v) is 7.80. The Hall–Kier alpha value is -3.47. The number of H-pyrrole nitrogens is 1. The molecule has 29 heavy (non-hydrogen) atoms. The van der Waals surface area contributed by atoms with Crippen molar-refractivity contribution < 1.29 is 0 Å². The maximum atomic E-state index is 4.96. The summed E-state index contributed by atoms with van der Waals surface area (Å²) in [7, 11) is 2.07. The van der Waals surface area contributed by atoms with Gasteiger partial charge in [-0.1, -0.05) is 55.5 Å². The van der Waals surface area contributed by atoms with Gasteiger partial charge in [-0.05, 0) is 35.8 Å². The van der Waals surface area contributed by atoms with E-state index in [1.165, 1.54) is 5.56 Å². The van der Waals surface area contributed by atoms with Crippen molar-refractivity contribution in [3.05, 3.63) is 84.6 Å². The molecule has 0 bridgehead atoms. The van der Waals surface area contributed by atoms with Crippen LogP contribution < -0.4 is 5.32 Å². The maximum Gasteiger partial charge on any atom is 0.117 e. The van der Waals surface area contributed by atoms with E-state index in [2.05, 4.69) is 90.1 Å². The minimum atomic E-state index is 0.309. The fourth-order valence-electron chi connectivity index (χ4n) is 4.06. The molecule has 0 saturated heterocycles. The molecule has 2 atom stereocenters. The van der Waals surface area contributed by atoms with Gasteiger partial charge in [0.15, 0.2) is 0 Å². The Morgan fingerprint density at radius 2 is 1.97 bits per heavy atom. The summed E-state index contributed by atoms with van der Waals surface area (Å²) < 4.78 is 0. The van der Waals surface area contributed by atoms with E-state index < -0.39 is 0 Å². The van der Waals surface area contributed by atoms with E-state index in [4.69, 9.17) is 5.10 Å². The maximum absolute atomic E-state index is 4.96. The SMILES string of the molecule is CC1C=CC=CC1c1cc(Nc2ccccc2)c2[nH]n(C3=CN(C)CC=C3)nc1-2. The summed E-state index contributed by atoms with van der Waals surface area (Å²) in [5, 5.41) is 12.0. The molecule has 1 aromatic carbocycles. The van der Waals surface area contributed by atoms with Gasteiger partial charge < -0.3 is 10.2 Å². The highest BCUT2D eigenvalue weighted by molar-refractivity contribution is 5.83. The molecule has 0 spiro atoms. The van der Waals surface area contributed by atoms with E-state index >= 15 is 0 Å². The largest absolute Gasteiger partial charge is 0.375 e. The lowest BCUT2D eigenvalue weighted by Gasteiger charge is -2.20. The number of likely N-dealkylation sites (N-methyl/N-ethyl adjacent to an activating group) is 1. The van der Waals surface area contributed by atoms with Gasteiger partial charge in [0.2, 0.25) is 0 Å². The van der Waals surface area contributed by atoms with Gasteiger partial charge in [-0.3, -0.25) is 5.10 Å². The number of allylic oxidation sites excluding steroid dienone is 6. The quantitative estimate of drug-likeness (QED) is 0.651. The van der Waals surface area contributed by atoms with Crippen LogP contribution in [0.25, 0.3) is 17.1 Å². The number of rotatable bonds is 4. The number of anilines is 2. The van der Waals surface area contributed by atoms with Gasteiger partial charge in [-0.25, -0.2) is 0 Å². The first-order valence-electron chi connectivity index (χ1n) is 10.1. The standard InChI is InChI=1S/C24H25N5/c1-17-9-6-7-13-20(17)21-15-22(25-18-10-4-3-5-11-18)24-23(21)26-29(27-24)19-12-8-14-28(2)16-19/h3-13,15-17,20,25,27H,14H2,1-2H3. The van der Waals surface area contributed by atoms with E-state index in [9.17, 15) is 0 Å². The fourth-order valence-corrected chi connectivity index (χ4v) is 4.06. The summed E-state index contributed by atoms with van der Waals surface area (Å²) in [5.41, 5.74) is 6.44. The second kappa shape index (κ2) is 7.17. The average molecular weight is 383 g/mol. The number of fused-ring (bicyclic) bond motifs is 1. The number of para-hydroxylation sites is 1. The number of hydrogen-bond donors (Lipinski definition) is 2. The van der Waals surface area contributed by atoms with Crippen molar-refractivity contribution in [1.82, 2.24) is 19.9 Å². The van der Waals surface area contributed by atoms with Gasteiger partial charge in [0.1, 0.15) is 11.4 Å². The minimum absolute atomic E-state index is 0.309. The molecule has 4 aliphatic rings. The van der Waals surface area contributed by atoms with Crippen molar-refractivity contribution in [2.24, 2.45) is 5.92 Å². The summed E-state index contributed by atoms with van der Waals surface area (Å²) in [4.78, 5) is 4.03. The van der Waals surface area contributed by atoms with Gasteiger partial charge in [0.25, 0.3) is 0 Å². The number of aromatic nitrogens is 3. The topological polar surface area (TPSA) is 48.9 Å². The summed E-state index contributed by atoms with van der Waals surface area (Å²) in [5.74, 6) is 0.740. The van der Waals surface area contributed by atoms with Crippen LogP contribution in [0.5, 0.6) is 0 Å². The Morgan fingerprint density at radius 3 is 2.76 bits per heavy atom. The third kappa shape index (κ3) is 3.29. The van der Waals surface area contributed by atoms with Gasteiger partial charge in [-0.2, -0.15) is 4.80 Å². The normalized spacial score (nSPS) is 21.0. The van der Waals surface area contributed by atoms with Crippen LogP contribution in [-0.2, 0) is 0 Å². The molecule has 2 aliphatic carbocycles. The van der Waals surface area contributed by atoms with Crippen molar-refractivity contribution in [3.63, 3.8) is 0 Å². The first kappa shape index (κ1) is 17.6. The predicted molar refractivity (Wildman–Crippen MR) is 119 cm³/mol. The van der Waals surface area contributed by atoms with Gasteiger partial charge >= 0.3 is 0 Å². The monoisotopic (exact) mass is 383 g/mol. The van der Waals surface area contributed by atoms with Crippen molar-refractivity contribution in [2.75, 3.05) is 18.9 Å². The number of benzene rings is 1. The lowest BCUT2D eigenvalue weighted by Crippen LogP contribution is -2.16. The molecular formula is C24H25N5. The van der Waals surface area contributed by atoms with Crippen LogP contribution in [0.15, 0.2) is 79.1 Å². The zero-order valence-electron chi connectivity index (χ0n) is 16.7. The van der Waals surface area contributed by atoms with E-state index in [0.717, 1.165) is 35.0 Å². The van der Waals surface area contributed by atoms with Crippen LogP contribution in [0.1, 0.15) is 18.4 Å². The Morgan fingerprint density at radius 1 is 1.14 bits per heavy atom. The molecule has 0 radical (unpaired) electrons. The van der Waals surface area contributed by atoms with E-state index in [1.807, 2.05) is 23.0 Å². The van der Waals surface area contributed by atoms with E-state index in [1.54, 1.807) is 0 Å². The summed E-state index contributed by atoms with van der Waals surface area (Å²) >= 11 is 0. The molecule has 2 aliphatic heterocycles. The molecule has 0 aromatic heterocycles. The highest BCUT2D eigenvalue weighted by atomic mass is 15.5. The lowest BCUT2D eigenvalue weighted by atomic mass is 9.84.